The van der Waals surface area contributed by atoms with Gasteiger partial charge in [0.1, 0.15) is 0 Å². The van der Waals surface area contributed by atoms with Crippen LogP contribution in [0.15, 0.2) is 45.5 Å². The summed E-state index contributed by atoms with van der Waals surface area (Å²) in [6, 6.07) is 8.62. The number of hydrogen-bond acceptors (Lipinski definition) is 5. The Hall–Kier alpha value is -1.35. The lowest BCUT2D eigenvalue weighted by Crippen LogP contribution is -2.37. The van der Waals surface area contributed by atoms with Crippen molar-refractivity contribution < 1.29 is 13.2 Å². The molecule has 1 amide bonds. The Morgan fingerprint density at radius 3 is 2.77 bits per heavy atom. The van der Waals surface area contributed by atoms with E-state index in [1.807, 2.05) is 24.4 Å². The SMILES string of the molecule is CC[C@@H](NS(=O)(=O)c1ccc2c(c1)N(C(C)=O)C[C@@H](C)S2)c1cccs1. The molecular formula is C18H22N2O3S3. The molecule has 1 N–H and O–H groups in total. The van der Waals surface area contributed by atoms with Crippen LogP contribution in [0.1, 0.15) is 38.1 Å². The van der Waals surface area contributed by atoms with Gasteiger partial charge in [-0.3, -0.25) is 4.79 Å². The Bertz CT molecular complexity index is 894. The number of carbonyl (C=O) groups is 1. The maximum atomic E-state index is 12.9. The highest BCUT2D eigenvalue weighted by Gasteiger charge is 2.28. The number of fused-ring (bicyclic) bond motifs is 1. The van der Waals surface area contributed by atoms with Gasteiger partial charge in [0.05, 0.1) is 16.6 Å². The van der Waals surface area contributed by atoms with E-state index in [4.69, 9.17) is 0 Å². The van der Waals surface area contributed by atoms with Crippen molar-refractivity contribution in [2.75, 3.05) is 11.4 Å². The molecule has 0 spiro atoms. The van der Waals surface area contributed by atoms with E-state index in [0.29, 0.717) is 18.7 Å². The molecule has 1 aromatic heterocycles. The van der Waals surface area contributed by atoms with Gasteiger partial charge in [0.15, 0.2) is 0 Å². The van der Waals surface area contributed by atoms with E-state index in [1.54, 1.807) is 34.9 Å². The highest BCUT2D eigenvalue weighted by molar-refractivity contribution is 8.00. The molecule has 3 rings (SSSR count). The van der Waals surface area contributed by atoms with Crippen molar-refractivity contribution >= 4 is 44.7 Å². The van der Waals surface area contributed by atoms with Crippen LogP contribution in [-0.2, 0) is 14.8 Å². The first-order valence-electron chi connectivity index (χ1n) is 8.46. The number of thiophene rings is 1. The Balaban J connectivity index is 1.94. The predicted molar refractivity (Wildman–Crippen MR) is 107 cm³/mol. The van der Waals surface area contributed by atoms with Crippen LogP contribution in [-0.4, -0.2) is 26.1 Å². The first-order valence-corrected chi connectivity index (χ1v) is 11.7. The van der Waals surface area contributed by atoms with E-state index in [1.165, 1.54) is 18.3 Å². The fourth-order valence-electron chi connectivity index (χ4n) is 2.97. The minimum atomic E-state index is -3.68. The lowest BCUT2D eigenvalue weighted by atomic mass is 10.2. The Kier molecular flexibility index (Phi) is 5.76. The molecule has 0 aliphatic carbocycles. The molecular weight excluding hydrogens is 388 g/mol. The summed E-state index contributed by atoms with van der Waals surface area (Å²) in [5.41, 5.74) is 0.674. The standard InChI is InChI=1S/C18H22N2O3S3/c1-4-15(17-6-5-9-24-17)19-26(22,23)14-7-8-18-16(10-14)20(13(3)21)11-12(2)25-18/h5-10,12,15,19H,4,11H2,1-3H3/t12-,15-/m1/s1. The summed E-state index contributed by atoms with van der Waals surface area (Å²) in [5.74, 6) is -0.0778. The summed E-state index contributed by atoms with van der Waals surface area (Å²) in [4.78, 5) is 15.8. The van der Waals surface area contributed by atoms with Crippen molar-refractivity contribution in [3.63, 3.8) is 0 Å². The zero-order valence-corrected chi connectivity index (χ0v) is 17.4. The van der Waals surface area contributed by atoms with Gasteiger partial charge in [0.2, 0.25) is 15.9 Å². The van der Waals surface area contributed by atoms with Gasteiger partial charge < -0.3 is 4.90 Å². The van der Waals surface area contributed by atoms with E-state index in [0.717, 1.165) is 9.77 Å². The van der Waals surface area contributed by atoms with Gasteiger partial charge in [-0.1, -0.05) is 19.9 Å². The van der Waals surface area contributed by atoms with Crippen molar-refractivity contribution in [1.82, 2.24) is 4.72 Å². The van der Waals surface area contributed by atoms with Crippen molar-refractivity contribution in [3.05, 3.63) is 40.6 Å². The number of anilines is 1. The van der Waals surface area contributed by atoms with Crippen LogP contribution in [0.5, 0.6) is 0 Å². The summed E-state index contributed by atoms with van der Waals surface area (Å²) < 4.78 is 28.6. The topological polar surface area (TPSA) is 66.5 Å². The number of carbonyl (C=O) groups excluding carboxylic acids is 1. The van der Waals surface area contributed by atoms with E-state index < -0.39 is 10.0 Å². The average Bonchev–Trinajstić information content (AvgIpc) is 3.12. The maximum absolute atomic E-state index is 12.9. The lowest BCUT2D eigenvalue weighted by Gasteiger charge is -2.32. The summed E-state index contributed by atoms with van der Waals surface area (Å²) in [7, 11) is -3.68. The third-order valence-electron chi connectivity index (χ3n) is 4.27. The number of rotatable bonds is 5. The molecule has 1 aliphatic heterocycles. The van der Waals surface area contributed by atoms with Gasteiger partial charge >= 0.3 is 0 Å². The Morgan fingerprint density at radius 1 is 1.38 bits per heavy atom. The minimum Gasteiger partial charge on any atom is -0.310 e. The first kappa shape index (κ1) is 19.4. The molecule has 5 nitrogen and oxygen atoms in total. The monoisotopic (exact) mass is 410 g/mol. The van der Waals surface area contributed by atoms with Crippen LogP contribution in [0, 0.1) is 0 Å². The largest absolute Gasteiger partial charge is 0.310 e. The van der Waals surface area contributed by atoms with E-state index in [2.05, 4.69) is 11.6 Å². The second-order valence-corrected chi connectivity index (χ2v) is 10.5. The third kappa shape index (κ3) is 3.98. The smallest absolute Gasteiger partial charge is 0.241 e. The summed E-state index contributed by atoms with van der Waals surface area (Å²) in [6.45, 7) is 6.10. The van der Waals surface area contributed by atoms with Gasteiger partial charge in [-0.05, 0) is 36.1 Å². The Morgan fingerprint density at radius 2 is 2.15 bits per heavy atom. The van der Waals surface area contributed by atoms with Crippen molar-refractivity contribution in [2.24, 2.45) is 0 Å². The minimum absolute atomic E-state index is 0.0778. The van der Waals surface area contributed by atoms with Crippen LogP contribution in [0.3, 0.4) is 0 Å². The molecule has 8 heteroatoms. The summed E-state index contributed by atoms with van der Waals surface area (Å²) in [6.07, 6.45) is 0.664. The number of sulfonamides is 1. The molecule has 0 fully saturated rings. The molecule has 140 valence electrons. The molecule has 2 atom stereocenters. The van der Waals surface area contributed by atoms with Gasteiger partial charge in [0, 0.05) is 28.5 Å². The fourth-order valence-corrected chi connectivity index (χ4v) is 6.32. The van der Waals surface area contributed by atoms with Crippen LogP contribution in [0.4, 0.5) is 5.69 Å². The predicted octanol–water partition coefficient (Wildman–Crippen LogP) is 4.02. The van der Waals surface area contributed by atoms with E-state index >= 15 is 0 Å². The second kappa shape index (κ2) is 7.72. The molecule has 0 unspecified atom stereocenters. The van der Waals surface area contributed by atoms with Crippen LogP contribution >= 0.6 is 23.1 Å². The first-order chi connectivity index (χ1) is 12.3. The zero-order valence-electron chi connectivity index (χ0n) is 14.9. The third-order valence-corrected chi connectivity index (χ3v) is 7.88. The van der Waals surface area contributed by atoms with Crippen LogP contribution in [0.2, 0.25) is 0 Å². The van der Waals surface area contributed by atoms with Gasteiger partial charge in [-0.2, -0.15) is 0 Å². The Labute approximate surface area is 162 Å². The highest BCUT2D eigenvalue weighted by atomic mass is 32.2. The molecule has 0 saturated carbocycles. The average molecular weight is 411 g/mol. The van der Waals surface area contributed by atoms with Crippen LogP contribution < -0.4 is 9.62 Å². The number of thioether (sulfide) groups is 1. The van der Waals surface area contributed by atoms with Crippen molar-refractivity contribution in [2.45, 2.75) is 48.3 Å². The van der Waals surface area contributed by atoms with Gasteiger partial charge in [-0.25, -0.2) is 13.1 Å². The summed E-state index contributed by atoms with van der Waals surface area (Å²) in [5, 5.41) is 2.21. The van der Waals surface area contributed by atoms with E-state index in [9.17, 15) is 13.2 Å². The lowest BCUT2D eigenvalue weighted by molar-refractivity contribution is -0.116. The molecule has 2 aromatic rings. The summed E-state index contributed by atoms with van der Waals surface area (Å²) >= 11 is 3.20. The highest BCUT2D eigenvalue weighted by Crippen LogP contribution is 2.40. The van der Waals surface area contributed by atoms with Crippen molar-refractivity contribution in [3.8, 4) is 0 Å². The van der Waals surface area contributed by atoms with Gasteiger partial charge in [0.25, 0.3) is 0 Å². The molecule has 1 aliphatic rings. The maximum Gasteiger partial charge on any atom is 0.241 e. The van der Waals surface area contributed by atoms with E-state index in [-0.39, 0.29) is 22.1 Å². The normalized spacial score (nSPS) is 18.4. The molecule has 1 aromatic carbocycles. The molecule has 0 radical (unpaired) electrons. The fraction of sp³-hybridized carbons (Fsp3) is 0.389. The number of hydrogen-bond donors (Lipinski definition) is 1. The van der Waals surface area contributed by atoms with Crippen LogP contribution in [0.25, 0.3) is 0 Å². The molecule has 0 saturated heterocycles. The number of nitrogens with zero attached hydrogens (tertiary/aromatic N) is 1. The number of benzene rings is 1. The second-order valence-electron chi connectivity index (χ2n) is 6.29. The quantitative estimate of drug-likeness (QED) is 0.808. The molecule has 0 bridgehead atoms. The molecule has 2 heterocycles. The van der Waals surface area contributed by atoms with Crippen molar-refractivity contribution in [1.29, 1.82) is 0 Å². The number of nitrogens with one attached hydrogen (secondary N) is 1. The number of amides is 1. The molecule has 26 heavy (non-hydrogen) atoms. The van der Waals surface area contributed by atoms with Gasteiger partial charge in [-0.15, -0.1) is 23.1 Å². The zero-order chi connectivity index (χ0) is 18.9.